The van der Waals surface area contributed by atoms with Crippen molar-refractivity contribution in [2.75, 3.05) is 5.73 Å². The highest BCUT2D eigenvalue weighted by atomic mass is 35.5. The zero-order valence-electron chi connectivity index (χ0n) is 8.79. The topological polar surface area (TPSA) is 99.9 Å². The van der Waals surface area contributed by atoms with Crippen molar-refractivity contribution in [3.63, 3.8) is 0 Å². The van der Waals surface area contributed by atoms with E-state index in [1.165, 1.54) is 23.0 Å². The quantitative estimate of drug-likeness (QED) is 0.649. The van der Waals surface area contributed by atoms with Gasteiger partial charge < -0.3 is 5.73 Å². The highest BCUT2D eigenvalue weighted by Crippen LogP contribution is 2.29. The first-order chi connectivity index (χ1) is 7.99. The molecule has 88 valence electrons. The number of halogens is 1. The highest BCUT2D eigenvalue weighted by molar-refractivity contribution is 6.32. The Balaban J connectivity index is 2.57. The molecule has 0 unspecified atom stereocenters. The average molecular weight is 254 g/mol. The summed E-state index contributed by atoms with van der Waals surface area (Å²) >= 11 is 5.82. The number of aromatic nitrogens is 3. The molecule has 0 atom stereocenters. The maximum absolute atomic E-state index is 10.7. The van der Waals surface area contributed by atoms with E-state index in [2.05, 4.69) is 10.3 Å². The molecule has 1 aromatic carbocycles. The molecule has 0 saturated carbocycles. The molecular weight excluding hydrogens is 246 g/mol. The number of nitrogen functional groups attached to an aromatic ring is 1. The lowest BCUT2D eigenvalue weighted by Gasteiger charge is -2.05. The van der Waals surface area contributed by atoms with E-state index < -0.39 is 4.92 Å². The van der Waals surface area contributed by atoms with Crippen LogP contribution in [0.5, 0.6) is 0 Å². The van der Waals surface area contributed by atoms with Crippen LogP contribution in [0.25, 0.3) is 5.69 Å². The zero-order chi connectivity index (χ0) is 12.6. The van der Waals surface area contributed by atoms with Crippen LogP contribution in [0, 0.1) is 17.0 Å². The number of anilines is 1. The summed E-state index contributed by atoms with van der Waals surface area (Å²) in [5.41, 5.74) is 6.57. The molecule has 1 aromatic heterocycles. The van der Waals surface area contributed by atoms with Gasteiger partial charge in [0.05, 0.1) is 16.8 Å². The predicted molar refractivity (Wildman–Crippen MR) is 62.2 cm³/mol. The lowest BCUT2D eigenvalue weighted by atomic mass is 10.2. The molecule has 17 heavy (non-hydrogen) atoms. The van der Waals surface area contributed by atoms with Crippen molar-refractivity contribution in [2.45, 2.75) is 6.92 Å². The van der Waals surface area contributed by atoms with Crippen molar-refractivity contribution in [3.8, 4) is 5.69 Å². The normalized spacial score (nSPS) is 10.5. The van der Waals surface area contributed by atoms with Gasteiger partial charge in [-0.05, 0) is 18.6 Å². The first kappa shape index (κ1) is 11.3. The molecule has 2 aromatic rings. The third kappa shape index (κ3) is 2.04. The van der Waals surface area contributed by atoms with Gasteiger partial charge in [0.1, 0.15) is 5.02 Å². The number of benzene rings is 1. The second-order valence-corrected chi connectivity index (χ2v) is 3.84. The summed E-state index contributed by atoms with van der Waals surface area (Å²) < 4.78 is 1.42. The lowest BCUT2D eigenvalue weighted by molar-refractivity contribution is -0.384. The van der Waals surface area contributed by atoms with Gasteiger partial charge in [0.15, 0.2) is 5.82 Å². The van der Waals surface area contributed by atoms with E-state index in [4.69, 9.17) is 17.3 Å². The number of hydrogen-bond acceptors (Lipinski definition) is 5. The molecule has 0 spiro atoms. The van der Waals surface area contributed by atoms with Gasteiger partial charge >= 0.3 is 0 Å². The van der Waals surface area contributed by atoms with Crippen LogP contribution in [0.3, 0.4) is 0 Å². The van der Waals surface area contributed by atoms with Crippen molar-refractivity contribution in [2.24, 2.45) is 0 Å². The Morgan fingerprint density at radius 1 is 1.53 bits per heavy atom. The van der Waals surface area contributed by atoms with E-state index >= 15 is 0 Å². The maximum atomic E-state index is 10.7. The third-order valence-corrected chi connectivity index (χ3v) is 2.52. The van der Waals surface area contributed by atoms with Crippen molar-refractivity contribution < 1.29 is 4.92 Å². The van der Waals surface area contributed by atoms with Crippen LogP contribution in [0.15, 0.2) is 18.3 Å². The Bertz CT molecular complexity index is 595. The third-order valence-electron chi connectivity index (χ3n) is 2.22. The molecule has 8 heteroatoms. The zero-order valence-corrected chi connectivity index (χ0v) is 9.55. The fourth-order valence-electron chi connectivity index (χ4n) is 1.44. The number of rotatable bonds is 2. The second kappa shape index (κ2) is 4.02. The van der Waals surface area contributed by atoms with Gasteiger partial charge in [-0.2, -0.15) is 0 Å². The van der Waals surface area contributed by atoms with Crippen molar-refractivity contribution in [3.05, 3.63) is 39.0 Å². The number of nitro benzene ring substituents is 1. The van der Waals surface area contributed by atoms with Crippen molar-refractivity contribution >= 4 is 23.1 Å². The Morgan fingerprint density at radius 3 is 2.76 bits per heavy atom. The fourth-order valence-corrected chi connectivity index (χ4v) is 1.66. The minimum atomic E-state index is -0.533. The van der Waals surface area contributed by atoms with Crippen LogP contribution in [-0.2, 0) is 0 Å². The Hall–Kier alpha value is -2.15. The largest absolute Gasteiger partial charge is 0.381 e. The molecule has 1 heterocycles. The first-order valence-corrected chi connectivity index (χ1v) is 4.99. The fraction of sp³-hybridized carbons (Fsp3) is 0.111. The van der Waals surface area contributed by atoms with Crippen LogP contribution in [0.2, 0.25) is 5.02 Å². The number of hydrogen-bond donors (Lipinski definition) is 1. The number of nitro groups is 1. The van der Waals surface area contributed by atoms with E-state index in [0.717, 1.165) is 0 Å². The van der Waals surface area contributed by atoms with E-state index in [9.17, 15) is 10.1 Å². The molecule has 2 N–H and O–H groups in total. The minimum Gasteiger partial charge on any atom is -0.381 e. The molecular formula is C9H8ClN5O2. The average Bonchev–Trinajstić information content (AvgIpc) is 2.67. The molecule has 0 amide bonds. The SMILES string of the molecule is Cc1cc([N+](=O)[O-])c(Cl)cc1-n1cc(N)nn1. The number of aryl methyl sites for hydroxylation is 1. The maximum Gasteiger partial charge on any atom is 0.288 e. The second-order valence-electron chi connectivity index (χ2n) is 3.44. The van der Waals surface area contributed by atoms with Crippen LogP contribution in [-0.4, -0.2) is 19.9 Å². The van der Waals surface area contributed by atoms with Gasteiger partial charge in [0.2, 0.25) is 0 Å². The van der Waals surface area contributed by atoms with Crippen LogP contribution < -0.4 is 5.73 Å². The molecule has 0 aliphatic heterocycles. The summed E-state index contributed by atoms with van der Waals surface area (Å²) in [7, 11) is 0. The standard InChI is InChI=1S/C9H8ClN5O2/c1-5-2-8(15(16)17)6(10)3-7(5)14-4-9(11)12-13-14/h2-4H,11H2,1H3. The summed E-state index contributed by atoms with van der Waals surface area (Å²) in [6.07, 6.45) is 1.50. The van der Waals surface area contributed by atoms with Gasteiger partial charge in [-0.3, -0.25) is 10.1 Å². The minimum absolute atomic E-state index is 0.0460. The van der Waals surface area contributed by atoms with E-state index in [0.29, 0.717) is 11.3 Å². The first-order valence-electron chi connectivity index (χ1n) is 4.62. The van der Waals surface area contributed by atoms with Crippen LogP contribution in [0.1, 0.15) is 5.56 Å². The van der Waals surface area contributed by atoms with Crippen LogP contribution >= 0.6 is 11.6 Å². The van der Waals surface area contributed by atoms with Crippen molar-refractivity contribution in [1.82, 2.24) is 15.0 Å². The monoisotopic (exact) mass is 253 g/mol. The summed E-state index contributed by atoms with van der Waals surface area (Å²) in [5, 5.41) is 18.1. The van der Waals surface area contributed by atoms with E-state index in [1.54, 1.807) is 6.92 Å². The van der Waals surface area contributed by atoms with Gasteiger partial charge in [-0.25, -0.2) is 4.68 Å². The van der Waals surface area contributed by atoms with Gasteiger partial charge in [-0.15, -0.1) is 5.10 Å². The number of nitrogens with zero attached hydrogens (tertiary/aromatic N) is 4. The van der Waals surface area contributed by atoms with Crippen molar-refractivity contribution in [1.29, 1.82) is 0 Å². The Labute approximate surface area is 101 Å². The van der Waals surface area contributed by atoms with Crippen LogP contribution in [0.4, 0.5) is 11.5 Å². The highest BCUT2D eigenvalue weighted by Gasteiger charge is 2.16. The Morgan fingerprint density at radius 2 is 2.24 bits per heavy atom. The van der Waals surface area contributed by atoms with E-state index in [1.807, 2.05) is 0 Å². The molecule has 2 rings (SSSR count). The van der Waals surface area contributed by atoms with Gasteiger partial charge in [0, 0.05) is 6.07 Å². The molecule has 0 aliphatic carbocycles. The van der Waals surface area contributed by atoms with Gasteiger partial charge in [-0.1, -0.05) is 16.8 Å². The summed E-state index contributed by atoms with van der Waals surface area (Å²) in [6.45, 7) is 1.72. The smallest absolute Gasteiger partial charge is 0.288 e. The molecule has 0 radical (unpaired) electrons. The Kier molecular flexibility index (Phi) is 2.68. The summed E-state index contributed by atoms with van der Waals surface area (Å²) in [5.74, 6) is 0.263. The summed E-state index contributed by atoms with van der Waals surface area (Å²) in [6, 6.07) is 2.85. The molecule has 7 nitrogen and oxygen atoms in total. The molecule has 0 bridgehead atoms. The lowest BCUT2D eigenvalue weighted by Crippen LogP contribution is -2.00. The molecule has 0 fully saturated rings. The van der Waals surface area contributed by atoms with E-state index in [-0.39, 0.29) is 16.5 Å². The number of nitrogens with two attached hydrogens (primary N) is 1. The summed E-state index contributed by atoms with van der Waals surface area (Å²) in [4.78, 5) is 10.2. The predicted octanol–water partition coefficient (Wildman–Crippen LogP) is 1.72. The molecule has 0 aliphatic rings. The van der Waals surface area contributed by atoms with Gasteiger partial charge in [0.25, 0.3) is 5.69 Å². The molecule has 0 saturated heterocycles.